The third-order valence-corrected chi connectivity index (χ3v) is 12.5. The van der Waals surface area contributed by atoms with Crippen LogP contribution in [0.25, 0.3) is 21.9 Å². The fourth-order valence-corrected chi connectivity index (χ4v) is 9.28. The van der Waals surface area contributed by atoms with Gasteiger partial charge in [0.2, 0.25) is 17.7 Å². The molecule has 0 bridgehead atoms. The molecule has 4 aromatic rings. The molecule has 2 aromatic carbocycles. The van der Waals surface area contributed by atoms with Crippen molar-refractivity contribution in [2.45, 2.75) is 51.1 Å². The number of hydrogen-bond acceptors (Lipinski definition) is 12. The van der Waals surface area contributed by atoms with Crippen LogP contribution < -0.4 is 25.1 Å². The van der Waals surface area contributed by atoms with Crippen molar-refractivity contribution < 1.29 is 42.9 Å². The Bertz CT molecular complexity index is 2420. The van der Waals surface area contributed by atoms with Crippen LogP contribution in [0.2, 0.25) is 0 Å². The van der Waals surface area contributed by atoms with Crippen molar-refractivity contribution in [2.75, 3.05) is 60.2 Å². The zero-order chi connectivity index (χ0) is 42.8. The van der Waals surface area contributed by atoms with E-state index >= 15 is 0 Å². The van der Waals surface area contributed by atoms with Gasteiger partial charge < -0.3 is 28.4 Å². The highest BCUT2D eigenvalue weighted by Gasteiger charge is 2.46. The van der Waals surface area contributed by atoms with Crippen LogP contribution in [0, 0.1) is 11.8 Å². The predicted molar refractivity (Wildman–Crippen MR) is 222 cm³/mol. The number of methoxy groups -OCH3 is 2. The Labute approximate surface area is 352 Å². The quantitative estimate of drug-likeness (QED) is 0.145. The highest BCUT2D eigenvalue weighted by molar-refractivity contribution is 6.24. The first-order chi connectivity index (χ1) is 29.6. The maximum absolute atomic E-state index is 13.3. The third kappa shape index (κ3) is 8.33. The third-order valence-electron chi connectivity index (χ3n) is 12.5. The summed E-state index contributed by atoms with van der Waals surface area (Å²) in [6.45, 7) is 4.48. The minimum atomic E-state index is -1.06. The number of pyridine rings is 2. The van der Waals surface area contributed by atoms with Crippen molar-refractivity contribution in [2.24, 2.45) is 18.9 Å². The lowest BCUT2D eigenvalue weighted by Crippen LogP contribution is -2.54. The summed E-state index contributed by atoms with van der Waals surface area (Å²) in [5.41, 5.74) is 2.87. The number of piperidine rings is 2. The van der Waals surface area contributed by atoms with Crippen LogP contribution in [0.5, 0.6) is 17.2 Å². The Balaban J connectivity index is 0.782. The Morgan fingerprint density at radius 2 is 1.59 bits per heavy atom. The monoisotopic (exact) mass is 834 g/mol. The van der Waals surface area contributed by atoms with Gasteiger partial charge in [0.15, 0.2) is 0 Å². The van der Waals surface area contributed by atoms with Crippen LogP contribution in [0.1, 0.15) is 64.8 Å². The van der Waals surface area contributed by atoms with Crippen LogP contribution in [-0.4, -0.2) is 120 Å². The highest BCUT2D eigenvalue weighted by atomic mass is 16.5. The Hall–Kier alpha value is -6.13. The first-order valence-corrected chi connectivity index (χ1v) is 20.8. The molecule has 16 heteroatoms. The largest absolute Gasteiger partial charge is 0.496 e. The molecule has 2 atom stereocenters. The molecule has 3 fully saturated rings. The van der Waals surface area contributed by atoms with Gasteiger partial charge in [-0.3, -0.25) is 48.9 Å². The number of rotatable bonds is 14. The molecule has 16 nitrogen and oxygen atoms in total. The van der Waals surface area contributed by atoms with Gasteiger partial charge in [0, 0.05) is 57.3 Å². The summed E-state index contributed by atoms with van der Waals surface area (Å²) in [4.78, 5) is 85.8. The van der Waals surface area contributed by atoms with Gasteiger partial charge in [-0.1, -0.05) is 6.07 Å². The van der Waals surface area contributed by atoms with Gasteiger partial charge in [0.05, 0.1) is 55.9 Å². The van der Waals surface area contributed by atoms with Gasteiger partial charge in [-0.15, -0.1) is 0 Å². The number of hydrogen-bond donors (Lipinski definition) is 1. The normalized spacial score (nSPS) is 19.7. The van der Waals surface area contributed by atoms with E-state index in [9.17, 15) is 28.8 Å². The number of aryl methyl sites for hydroxylation is 1. The summed E-state index contributed by atoms with van der Waals surface area (Å²) in [7, 11) is 5.07. The lowest BCUT2D eigenvalue weighted by atomic mass is 9.83. The summed E-state index contributed by atoms with van der Waals surface area (Å²) in [5.74, 6) is 0.347. The minimum absolute atomic E-state index is 0.0380. The summed E-state index contributed by atoms with van der Waals surface area (Å²) in [6.07, 6.45) is 8.54. The molecule has 0 aliphatic carbocycles. The maximum Gasteiger partial charge on any atom is 0.266 e. The molecule has 2 aromatic heterocycles. The number of amides is 5. The van der Waals surface area contributed by atoms with Gasteiger partial charge in [0.25, 0.3) is 17.4 Å². The zero-order valence-electron chi connectivity index (χ0n) is 34.6. The van der Waals surface area contributed by atoms with E-state index < -0.39 is 29.7 Å². The molecule has 0 spiro atoms. The number of aromatic nitrogens is 2. The molecule has 0 saturated carbocycles. The number of imide groups is 2. The average molecular weight is 835 g/mol. The van der Waals surface area contributed by atoms with E-state index in [0.29, 0.717) is 23.8 Å². The first-order valence-electron chi connectivity index (χ1n) is 20.8. The lowest BCUT2D eigenvalue weighted by Gasteiger charge is -2.35. The number of benzene rings is 2. The molecular weight excluding hydrogens is 785 g/mol. The van der Waals surface area contributed by atoms with Crippen LogP contribution in [0.15, 0.2) is 59.8 Å². The molecule has 3 saturated heterocycles. The number of fused-ring (bicyclic) bond motifs is 2. The molecule has 0 radical (unpaired) electrons. The number of likely N-dealkylation sites (tertiary alicyclic amines) is 2. The van der Waals surface area contributed by atoms with Gasteiger partial charge in [0.1, 0.15) is 29.9 Å². The SMILES string of the molecule is COc1cc(-c2cn(C)c(=O)c3cnccc23)cc(OC)c1CN1CCC(C2CCN(C(=O)CCOCCOc3cccc4c3C(=O)N(C3CCC(=O)NC3=O)C4=O)C2)CC1. The van der Waals surface area contributed by atoms with Crippen LogP contribution in [-0.2, 0) is 32.7 Å². The first kappa shape index (κ1) is 41.6. The molecular formula is C45H50N6O10. The van der Waals surface area contributed by atoms with Gasteiger partial charge in [-0.2, -0.15) is 0 Å². The minimum Gasteiger partial charge on any atom is -0.496 e. The molecule has 1 N–H and O–H groups in total. The maximum atomic E-state index is 13.3. The van der Waals surface area contributed by atoms with Crippen molar-refractivity contribution in [3.05, 3.63) is 82.0 Å². The van der Waals surface area contributed by atoms with Crippen molar-refractivity contribution in [1.29, 1.82) is 0 Å². The van der Waals surface area contributed by atoms with E-state index in [1.165, 1.54) is 6.07 Å². The van der Waals surface area contributed by atoms with E-state index in [1.54, 1.807) is 50.4 Å². The number of nitrogens with zero attached hydrogens (tertiary/aromatic N) is 5. The summed E-state index contributed by atoms with van der Waals surface area (Å²) < 4.78 is 25.0. The summed E-state index contributed by atoms with van der Waals surface area (Å²) >= 11 is 0. The Morgan fingerprint density at radius 3 is 2.33 bits per heavy atom. The molecule has 4 aliphatic rings. The Kier molecular flexibility index (Phi) is 12.2. The van der Waals surface area contributed by atoms with Crippen molar-refractivity contribution in [3.8, 4) is 28.4 Å². The number of ether oxygens (including phenoxy) is 4. The van der Waals surface area contributed by atoms with Crippen LogP contribution in [0.4, 0.5) is 0 Å². The van der Waals surface area contributed by atoms with E-state index in [4.69, 9.17) is 18.9 Å². The molecule has 4 aliphatic heterocycles. The van der Waals surface area contributed by atoms with Crippen LogP contribution >= 0.6 is 0 Å². The number of carbonyl (C=O) groups is 5. The van der Waals surface area contributed by atoms with E-state index in [0.717, 1.165) is 83.9 Å². The second-order valence-electron chi connectivity index (χ2n) is 16.1. The molecule has 5 amide bonds. The average Bonchev–Trinajstić information content (AvgIpc) is 3.87. The summed E-state index contributed by atoms with van der Waals surface area (Å²) in [6, 6.07) is 9.52. The predicted octanol–water partition coefficient (Wildman–Crippen LogP) is 3.57. The van der Waals surface area contributed by atoms with E-state index in [-0.39, 0.29) is 67.4 Å². The highest BCUT2D eigenvalue weighted by Crippen LogP contribution is 2.40. The number of carbonyl (C=O) groups excluding carboxylic acids is 5. The molecule has 2 unspecified atom stereocenters. The summed E-state index contributed by atoms with van der Waals surface area (Å²) in [5, 5.41) is 3.56. The lowest BCUT2D eigenvalue weighted by molar-refractivity contribution is -0.136. The fourth-order valence-electron chi connectivity index (χ4n) is 9.28. The van der Waals surface area contributed by atoms with Crippen molar-refractivity contribution in [3.63, 3.8) is 0 Å². The second kappa shape index (κ2) is 17.8. The van der Waals surface area contributed by atoms with Gasteiger partial charge in [-0.25, -0.2) is 0 Å². The van der Waals surface area contributed by atoms with E-state index in [2.05, 4.69) is 15.2 Å². The molecule has 61 heavy (non-hydrogen) atoms. The second-order valence-corrected chi connectivity index (χ2v) is 16.1. The molecule has 8 rings (SSSR count). The Morgan fingerprint density at radius 1 is 0.836 bits per heavy atom. The van der Waals surface area contributed by atoms with Gasteiger partial charge >= 0.3 is 0 Å². The fraction of sp³-hybridized carbons (Fsp3) is 0.444. The molecule has 6 heterocycles. The number of nitrogens with one attached hydrogen (secondary N) is 1. The van der Waals surface area contributed by atoms with Crippen LogP contribution in [0.3, 0.4) is 0 Å². The van der Waals surface area contributed by atoms with Crippen molar-refractivity contribution in [1.82, 2.24) is 29.6 Å². The topological polar surface area (TPSA) is 179 Å². The van der Waals surface area contributed by atoms with E-state index in [1.807, 2.05) is 29.3 Å². The van der Waals surface area contributed by atoms with Gasteiger partial charge in [-0.05, 0) is 91.9 Å². The smallest absolute Gasteiger partial charge is 0.266 e. The standard InChI is InChI=1S/C45H50N6O10/c1-48-25-33(30-9-14-46-23-32(30)43(48)55)29-21-37(58-2)34(38(22-29)59-3)26-49-15-10-27(11-16-49)28-12-17-50(24-28)40(53)13-18-60-19-20-61-36-6-4-5-31-41(36)45(57)51(44(31)56)35-7-8-39(52)47-42(35)54/h4-6,9,14,21-23,25,27-28,35H,7-8,10-13,15-20,24,26H2,1-3H3,(H,47,52,54). The zero-order valence-corrected chi connectivity index (χ0v) is 34.6. The van der Waals surface area contributed by atoms with Crippen molar-refractivity contribution >= 4 is 40.3 Å². The molecule has 320 valence electrons.